The average molecular weight is 383 g/mol. The zero-order chi connectivity index (χ0) is 19.7. The quantitative estimate of drug-likeness (QED) is 0.575. The molecule has 2 aromatic heterocycles. The monoisotopic (exact) mass is 383 g/mol. The number of rotatable bonds is 5. The van der Waals surface area contributed by atoms with Gasteiger partial charge in [-0.25, -0.2) is 13.6 Å². The van der Waals surface area contributed by atoms with Crippen molar-refractivity contribution in [2.75, 3.05) is 7.11 Å². The van der Waals surface area contributed by atoms with E-state index in [9.17, 15) is 13.6 Å². The van der Waals surface area contributed by atoms with Crippen LogP contribution in [0.1, 0.15) is 5.56 Å². The smallest absolute Gasteiger partial charge is 0.350 e. The van der Waals surface area contributed by atoms with Gasteiger partial charge in [0.2, 0.25) is 0 Å². The molecule has 4 rings (SSSR count). The third-order valence-electron chi connectivity index (χ3n) is 4.25. The molecule has 0 unspecified atom stereocenters. The van der Waals surface area contributed by atoms with Crippen LogP contribution in [0.5, 0.6) is 5.75 Å². The number of methoxy groups -OCH3 is 1. The van der Waals surface area contributed by atoms with Gasteiger partial charge in [0.15, 0.2) is 0 Å². The first-order valence-electron chi connectivity index (χ1n) is 8.32. The van der Waals surface area contributed by atoms with Gasteiger partial charge in [-0.2, -0.15) is 14.9 Å². The van der Waals surface area contributed by atoms with Crippen molar-refractivity contribution in [3.8, 4) is 22.6 Å². The Labute approximate surface area is 157 Å². The summed E-state index contributed by atoms with van der Waals surface area (Å²) in [6, 6.07) is 8.34. The molecule has 1 N–H and O–H groups in total. The van der Waals surface area contributed by atoms with E-state index in [4.69, 9.17) is 4.74 Å². The van der Waals surface area contributed by atoms with Crippen LogP contribution in [0.4, 0.5) is 8.78 Å². The molecule has 0 amide bonds. The Bertz CT molecular complexity index is 1160. The van der Waals surface area contributed by atoms with Crippen LogP contribution >= 0.6 is 0 Å². The molecule has 0 saturated heterocycles. The van der Waals surface area contributed by atoms with Gasteiger partial charge >= 0.3 is 5.69 Å². The molecule has 142 valence electrons. The summed E-state index contributed by atoms with van der Waals surface area (Å²) in [7, 11) is 1.53. The number of nitrogens with one attached hydrogen (secondary N) is 1. The zero-order valence-corrected chi connectivity index (χ0v) is 14.8. The van der Waals surface area contributed by atoms with Crippen LogP contribution in [-0.4, -0.2) is 31.7 Å². The molecule has 4 aromatic rings. The fourth-order valence-corrected chi connectivity index (χ4v) is 2.97. The molecule has 0 bridgehead atoms. The van der Waals surface area contributed by atoms with E-state index in [1.165, 1.54) is 34.8 Å². The topological polar surface area (TPSA) is 77.7 Å². The molecule has 0 spiro atoms. The van der Waals surface area contributed by atoms with E-state index in [2.05, 4.69) is 15.3 Å². The maximum atomic E-state index is 13.4. The Balaban J connectivity index is 1.68. The van der Waals surface area contributed by atoms with E-state index in [-0.39, 0.29) is 6.54 Å². The number of halogens is 2. The van der Waals surface area contributed by atoms with Crippen LogP contribution in [0.25, 0.3) is 16.8 Å². The molecule has 0 radical (unpaired) electrons. The van der Waals surface area contributed by atoms with Gasteiger partial charge in [-0.05, 0) is 29.8 Å². The van der Waals surface area contributed by atoms with E-state index < -0.39 is 17.3 Å². The largest absolute Gasteiger partial charge is 0.496 e. The van der Waals surface area contributed by atoms with Crippen LogP contribution < -0.4 is 10.4 Å². The lowest BCUT2D eigenvalue weighted by atomic mass is 10.1. The second-order valence-corrected chi connectivity index (χ2v) is 6.10. The third-order valence-corrected chi connectivity index (χ3v) is 4.25. The van der Waals surface area contributed by atoms with Gasteiger partial charge in [0, 0.05) is 29.5 Å². The molecule has 28 heavy (non-hydrogen) atoms. The molecular formula is C19H15F2N5O2. The second-order valence-electron chi connectivity index (χ2n) is 6.10. The van der Waals surface area contributed by atoms with Crippen molar-refractivity contribution in [3.05, 3.63) is 82.8 Å². The number of H-pyrrole nitrogens is 1. The van der Waals surface area contributed by atoms with Crippen molar-refractivity contribution >= 4 is 0 Å². The summed E-state index contributed by atoms with van der Waals surface area (Å²) in [5.41, 5.74) is 2.03. The molecule has 0 aliphatic rings. The number of nitrogens with zero attached hydrogens (tertiary/aromatic N) is 4. The molecule has 2 aromatic carbocycles. The summed E-state index contributed by atoms with van der Waals surface area (Å²) < 4.78 is 34.6. The molecule has 0 fully saturated rings. The number of aromatic nitrogens is 5. The lowest BCUT2D eigenvalue weighted by molar-refractivity contribution is 0.416. The Morgan fingerprint density at radius 1 is 1.14 bits per heavy atom. The summed E-state index contributed by atoms with van der Waals surface area (Å²) in [6.45, 7) is -0.00223. The Hall–Kier alpha value is -3.75. The SMILES string of the molecule is COc1cc(-n2ncn(Cc3cc(F)cc(F)c3)c2=O)ccc1-c1cn[nH]c1. The highest BCUT2D eigenvalue weighted by Gasteiger charge is 2.13. The molecule has 0 atom stereocenters. The van der Waals surface area contributed by atoms with Crippen molar-refractivity contribution in [1.29, 1.82) is 0 Å². The number of benzene rings is 2. The number of hydrogen-bond acceptors (Lipinski definition) is 4. The van der Waals surface area contributed by atoms with E-state index >= 15 is 0 Å². The van der Waals surface area contributed by atoms with Gasteiger partial charge in [-0.3, -0.25) is 9.67 Å². The first kappa shape index (κ1) is 17.7. The average Bonchev–Trinajstić information content (AvgIpc) is 3.31. The maximum Gasteiger partial charge on any atom is 0.350 e. The number of hydrogen-bond donors (Lipinski definition) is 1. The highest BCUT2D eigenvalue weighted by atomic mass is 19.1. The Morgan fingerprint density at radius 2 is 1.93 bits per heavy atom. The van der Waals surface area contributed by atoms with Crippen molar-refractivity contribution in [1.82, 2.24) is 24.5 Å². The summed E-state index contributed by atoms with van der Waals surface area (Å²) in [5, 5.41) is 10.8. The fraction of sp³-hybridized carbons (Fsp3) is 0.105. The second kappa shape index (κ2) is 7.10. The van der Waals surface area contributed by atoms with Crippen LogP contribution in [-0.2, 0) is 6.54 Å². The number of ether oxygens (including phenoxy) is 1. The minimum absolute atomic E-state index is 0.00223. The van der Waals surface area contributed by atoms with Crippen LogP contribution in [0.2, 0.25) is 0 Å². The van der Waals surface area contributed by atoms with Gasteiger partial charge in [-0.1, -0.05) is 0 Å². The van der Waals surface area contributed by atoms with E-state index in [0.717, 1.165) is 17.2 Å². The summed E-state index contributed by atoms with van der Waals surface area (Å²) in [5.74, 6) is -0.849. The molecular weight excluding hydrogens is 368 g/mol. The minimum Gasteiger partial charge on any atom is -0.496 e. The predicted molar refractivity (Wildman–Crippen MR) is 97.4 cm³/mol. The van der Waals surface area contributed by atoms with Gasteiger partial charge in [0.25, 0.3) is 0 Å². The highest BCUT2D eigenvalue weighted by molar-refractivity contribution is 5.70. The van der Waals surface area contributed by atoms with Gasteiger partial charge < -0.3 is 4.74 Å². The van der Waals surface area contributed by atoms with Crippen molar-refractivity contribution in [3.63, 3.8) is 0 Å². The van der Waals surface area contributed by atoms with Crippen LogP contribution in [0.3, 0.4) is 0 Å². The van der Waals surface area contributed by atoms with Crippen molar-refractivity contribution in [2.45, 2.75) is 6.54 Å². The van der Waals surface area contributed by atoms with Crippen LogP contribution in [0, 0.1) is 11.6 Å². The number of aromatic amines is 1. The molecule has 0 aliphatic carbocycles. The van der Waals surface area contributed by atoms with Gasteiger partial charge in [0.05, 0.1) is 25.5 Å². The van der Waals surface area contributed by atoms with Crippen LogP contribution in [0.15, 0.2) is 59.9 Å². The fourth-order valence-electron chi connectivity index (χ4n) is 2.97. The molecule has 0 saturated carbocycles. The Morgan fingerprint density at radius 3 is 2.61 bits per heavy atom. The van der Waals surface area contributed by atoms with E-state index in [1.54, 1.807) is 30.6 Å². The summed E-state index contributed by atoms with van der Waals surface area (Å²) in [4.78, 5) is 12.7. The highest BCUT2D eigenvalue weighted by Crippen LogP contribution is 2.30. The van der Waals surface area contributed by atoms with E-state index in [1.807, 2.05) is 0 Å². The maximum absolute atomic E-state index is 13.4. The Kier molecular flexibility index (Phi) is 4.48. The minimum atomic E-state index is -0.699. The first-order chi connectivity index (χ1) is 13.5. The van der Waals surface area contributed by atoms with E-state index in [0.29, 0.717) is 17.0 Å². The summed E-state index contributed by atoms with van der Waals surface area (Å²) >= 11 is 0. The first-order valence-corrected chi connectivity index (χ1v) is 8.32. The van der Waals surface area contributed by atoms with Crippen molar-refractivity contribution < 1.29 is 13.5 Å². The lowest BCUT2D eigenvalue weighted by Crippen LogP contribution is -2.24. The normalized spacial score (nSPS) is 11.0. The lowest BCUT2D eigenvalue weighted by Gasteiger charge is -2.09. The van der Waals surface area contributed by atoms with Crippen molar-refractivity contribution in [2.24, 2.45) is 0 Å². The third kappa shape index (κ3) is 3.29. The standard InChI is InChI=1S/C19H15F2N5O2/c1-28-18-7-16(2-3-17(18)13-8-22-23-9-13)26-19(27)25(11-24-26)10-12-4-14(20)6-15(21)5-12/h2-9,11H,10H2,1H3,(H,22,23). The molecule has 0 aliphatic heterocycles. The summed E-state index contributed by atoms with van der Waals surface area (Å²) in [6.07, 6.45) is 4.72. The molecule has 7 nitrogen and oxygen atoms in total. The zero-order valence-electron chi connectivity index (χ0n) is 14.8. The molecule has 2 heterocycles. The van der Waals surface area contributed by atoms with Gasteiger partial charge in [-0.15, -0.1) is 0 Å². The molecule has 9 heteroatoms. The predicted octanol–water partition coefficient (Wildman–Crippen LogP) is 2.76. The van der Waals surface area contributed by atoms with Gasteiger partial charge in [0.1, 0.15) is 23.7 Å².